The lowest BCUT2D eigenvalue weighted by Gasteiger charge is -2.39. The van der Waals surface area contributed by atoms with Crippen molar-refractivity contribution in [3.8, 4) is 0 Å². The van der Waals surface area contributed by atoms with Gasteiger partial charge in [-0.1, -0.05) is 13.3 Å². The fourth-order valence-corrected chi connectivity index (χ4v) is 3.13. The second-order valence-electron chi connectivity index (χ2n) is 5.39. The third-order valence-electron chi connectivity index (χ3n) is 4.11. The van der Waals surface area contributed by atoms with Gasteiger partial charge in [0.05, 0.1) is 11.7 Å². The molecule has 1 aromatic rings. The quantitative estimate of drug-likeness (QED) is 0.887. The minimum absolute atomic E-state index is 0.337. The summed E-state index contributed by atoms with van der Waals surface area (Å²) in [5.41, 5.74) is 8.58. The van der Waals surface area contributed by atoms with E-state index in [1.54, 1.807) is 0 Å². The average molecular weight is 250 g/mol. The van der Waals surface area contributed by atoms with E-state index in [1.807, 2.05) is 11.7 Å². The van der Waals surface area contributed by atoms with Gasteiger partial charge in [-0.2, -0.15) is 5.10 Å². The molecule has 1 aliphatic heterocycles. The van der Waals surface area contributed by atoms with Crippen LogP contribution < -0.4 is 5.73 Å². The molecule has 2 rings (SSSR count). The maximum absolute atomic E-state index is 6.05. The van der Waals surface area contributed by atoms with Crippen molar-refractivity contribution in [2.24, 2.45) is 12.8 Å². The van der Waals surface area contributed by atoms with Gasteiger partial charge in [0.1, 0.15) is 0 Å². The van der Waals surface area contributed by atoms with Gasteiger partial charge >= 0.3 is 0 Å². The number of hydrogen-bond donors (Lipinski definition) is 1. The van der Waals surface area contributed by atoms with Gasteiger partial charge < -0.3 is 5.73 Å². The van der Waals surface area contributed by atoms with Crippen molar-refractivity contribution in [2.45, 2.75) is 51.6 Å². The van der Waals surface area contributed by atoms with Crippen molar-refractivity contribution in [1.82, 2.24) is 14.7 Å². The fourth-order valence-electron chi connectivity index (χ4n) is 3.13. The first-order valence-electron chi connectivity index (χ1n) is 7.15. The zero-order valence-electron chi connectivity index (χ0n) is 11.9. The predicted molar refractivity (Wildman–Crippen MR) is 74.4 cm³/mol. The van der Waals surface area contributed by atoms with Gasteiger partial charge in [0.25, 0.3) is 0 Å². The molecular weight excluding hydrogens is 224 g/mol. The first-order valence-corrected chi connectivity index (χ1v) is 7.15. The summed E-state index contributed by atoms with van der Waals surface area (Å²) in [6, 6.07) is 0.973. The number of likely N-dealkylation sites (tertiary alicyclic amines) is 1. The predicted octanol–water partition coefficient (Wildman–Crippen LogP) is 1.86. The lowest BCUT2D eigenvalue weighted by Crippen LogP contribution is -2.43. The third kappa shape index (κ3) is 2.59. The van der Waals surface area contributed by atoms with Gasteiger partial charge in [-0.05, 0) is 32.7 Å². The van der Waals surface area contributed by atoms with E-state index in [0.717, 1.165) is 6.42 Å². The Bertz CT molecular complexity index is 385. The molecule has 0 aromatic carbocycles. The van der Waals surface area contributed by atoms with Gasteiger partial charge in [-0.25, -0.2) is 0 Å². The summed E-state index contributed by atoms with van der Waals surface area (Å²) in [5, 5.41) is 4.55. The Hall–Kier alpha value is -0.870. The Morgan fingerprint density at radius 2 is 2.28 bits per heavy atom. The summed E-state index contributed by atoms with van der Waals surface area (Å²) >= 11 is 0. The highest BCUT2D eigenvalue weighted by atomic mass is 15.3. The molecular formula is C14H26N4. The van der Waals surface area contributed by atoms with Gasteiger partial charge in [0.2, 0.25) is 0 Å². The highest BCUT2D eigenvalue weighted by Gasteiger charge is 2.28. The zero-order chi connectivity index (χ0) is 13.1. The Balaban J connectivity index is 2.26. The van der Waals surface area contributed by atoms with E-state index in [9.17, 15) is 0 Å². The molecule has 4 nitrogen and oxygen atoms in total. The second kappa shape index (κ2) is 5.85. The van der Waals surface area contributed by atoms with Gasteiger partial charge in [-0.3, -0.25) is 9.58 Å². The first kappa shape index (κ1) is 13.6. The van der Waals surface area contributed by atoms with E-state index in [2.05, 4.69) is 30.0 Å². The van der Waals surface area contributed by atoms with Crippen LogP contribution in [0.5, 0.6) is 0 Å². The molecule has 0 saturated carbocycles. The number of piperidine rings is 1. The lowest BCUT2D eigenvalue weighted by atomic mass is 9.97. The summed E-state index contributed by atoms with van der Waals surface area (Å²) in [4.78, 5) is 2.57. The molecule has 102 valence electrons. The summed E-state index contributed by atoms with van der Waals surface area (Å²) in [5.74, 6) is 0. The molecule has 2 N–H and O–H groups in total. The smallest absolute Gasteiger partial charge is 0.0670 e. The molecule has 0 aliphatic carbocycles. The monoisotopic (exact) mass is 250 g/mol. The third-order valence-corrected chi connectivity index (χ3v) is 4.11. The summed E-state index contributed by atoms with van der Waals surface area (Å²) < 4.78 is 1.92. The topological polar surface area (TPSA) is 47.1 Å². The van der Waals surface area contributed by atoms with Crippen molar-refractivity contribution in [2.75, 3.05) is 13.1 Å². The molecule has 2 heterocycles. The van der Waals surface area contributed by atoms with Crippen molar-refractivity contribution in [1.29, 1.82) is 0 Å². The SMILES string of the molecule is CCc1nn(C)cc1C(CN)N1CCCCC1C. The van der Waals surface area contributed by atoms with E-state index < -0.39 is 0 Å². The molecule has 0 radical (unpaired) electrons. The molecule has 4 heteroatoms. The van der Waals surface area contributed by atoms with Crippen LogP contribution in [0, 0.1) is 0 Å². The average Bonchev–Trinajstić information content (AvgIpc) is 2.74. The molecule has 2 unspecified atom stereocenters. The zero-order valence-corrected chi connectivity index (χ0v) is 11.9. The molecule has 2 atom stereocenters. The Labute approximate surface area is 110 Å². The number of nitrogens with zero attached hydrogens (tertiary/aromatic N) is 3. The highest BCUT2D eigenvalue weighted by Crippen LogP contribution is 2.29. The number of rotatable bonds is 4. The van der Waals surface area contributed by atoms with Gasteiger partial charge in [0.15, 0.2) is 0 Å². The summed E-state index contributed by atoms with van der Waals surface area (Å²) in [6.45, 7) is 6.34. The molecule has 18 heavy (non-hydrogen) atoms. The maximum Gasteiger partial charge on any atom is 0.0670 e. The lowest BCUT2D eigenvalue weighted by molar-refractivity contribution is 0.108. The van der Waals surface area contributed by atoms with Gasteiger partial charge in [0, 0.05) is 31.4 Å². The van der Waals surface area contributed by atoms with Crippen molar-refractivity contribution >= 4 is 0 Å². The van der Waals surface area contributed by atoms with Crippen LogP contribution in [0.1, 0.15) is 50.4 Å². The Kier molecular flexibility index (Phi) is 4.40. The van der Waals surface area contributed by atoms with E-state index >= 15 is 0 Å². The van der Waals surface area contributed by atoms with Crippen LogP contribution in [0.25, 0.3) is 0 Å². The van der Waals surface area contributed by atoms with Crippen LogP contribution in [0.4, 0.5) is 0 Å². The minimum Gasteiger partial charge on any atom is -0.329 e. The molecule has 0 bridgehead atoms. The summed E-state index contributed by atoms with van der Waals surface area (Å²) in [7, 11) is 2.00. The first-order chi connectivity index (χ1) is 8.67. The van der Waals surface area contributed by atoms with Crippen LogP contribution in [0.15, 0.2) is 6.20 Å². The van der Waals surface area contributed by atoms with E-state index in [0.29, 0.717) is 18.6 Å². The number of nitrogens with two attached hydrogens (primary N) is 1. The molecule has 1 saturated heterocycles. The van der Waals surface area contributed by atoms with Crippen molar-refractivity contribution in [3.05, 3.63) is 17.5 Å². The summed E-state index contributed by atoms with van der Waals surface area (Å²) in [6.07, 6.45) is 7.07. The van der Waals surface area contributed by atoms with Crippen molar-refractivity contribution < 1.29 is 0 Å². The Morgan fingerprint density at radius 3 is 2.89 bits per heavy atom. The molecule has 0 amide bonds. The van der Waals surface area contributed by atoms with Crippen molar-refractivity contribution in [3.63, 3.8) is 0 Å². The molecule has 1 aromatic heterocycles. The van der Waals surface area contributed by atoms with E-state index in [-0.39, 0.29) is 0 Å². The highest BCUT2D eigenvalue weighted by molar-refractivity contribution is 5.22. The van der Waals surface area contributed by atoms with E-state index in [4.69, 9.17) is 5.73 Å². The fraction of sp³-hybridized carbons (Fsp3) is 0.786. The van der Waals surface area contributed by atoms with Crippen LogP contribution in [-0.4, -0.2) is 33.8 Å². The maximum atomic E-state index is 6.05. The molecule has 1 aliphatic rings. The van der Waals surface area contributed by atoms with Gasteiger partial charge in [-0.15, -0.1) is 0 Å². The van der Waals surface area contributed by atoms with Crippen LogP contribution in [-0.2, 0) is 13.5 Å². The number of aryl methyl sites for hydroxylation is 2. The largest absolute Gasteiger partial charge is 0.329 e. The van der Waals surface area contributed by atoms with Crippen LogP contribution in [0.2, 0.25) is 0 Å². The van der Waals surface area contributed by atoms with E-state index in [1.165, 1.54) is 37.1 Å². The van der Waals surface area contributed by atoms with Crippen LogP contribution in [0.3, 0.4) is 0 Å². The minimum atomic E-state index is 0.337. The molecule has 1 fully saturated rings. The Morgan fingerprint density at radius 1 is 1.50 bits per heavy atom. The molecule has 0 spiro atoms. The van der Waals surface area contributed by atoms with Crippen LogP contribution >= 0.6 is 0 Å². The normalized spacial score (nSPS) is 23.2. The standard InChI is InChI=1S/C14H26N4/c1-4-13-12(10-17(3)16-13)14(9-15)18-8-6-5-7-11(18)2/h10-11,14H,4-9,15H2,1-3H3. The second-order valence-corrected chi connectivity index (χ2v) is 5.39. The number of aromatic nitrogens is 2. The number of hydrogen-bond acceptors (Lipinski definition) is 3.